The molecule has 0 bridgehead atoms. The standard InChI is InChI=1S/C28H28N4OS/c1-17-10-9-11-18(2)26(17)31-19(3)16-21(20(31)4)27-25(22-12-7-8-15-29-22)30-28(34)32(27)23-13-5-6-14-24(23)33/h5-16,25,27,33H,1-4H3,(H,30,34)/t25-,27+/m0/s1. The second-order valence-corrected chi connectivity index (χ2v) is 9.27. The van der Waals surface area contributed by atoms with E-state index in [1.807, 2.05) is 41.3 Å². The average Bonchev–Trinajstić information content (AvgIpc) is 3.31. The summed E-state index contributed by atoms with van der Waals surface area (Å²) < 4.78 is 2.33. The van der Waals surface area contributed by atoms with Crippen LogP contribution in [-0.4, -0.2) is 19.8 Å². The Labute approximate surface area is 205 Å². The molecular weight excluding hydrogens is 440 g/mol. The van der Waals surface area contributed by atoms with Gasteiger partial charge in [-0.15, -0.1) is 0 Å². The lowest BCUT2D eigenvalue weighted by Crippen LogP contribution is -2.29. The number of aromatic hydroxyl groups is 1. The van der Waals surface area contributed by atoms with E-state index in [-0.39, 0.29) is 17.8 Å². The lowest BCUT2D eigenvalue weighted by Gasteiger charge is -2.28. The van der Waals surface area contributed by atoms with E-state index < -0.39 is 0 Å². The van der Waals surface area contributed by atoms with Crippen molar-refractivity contribution < 1.29 is 5.11 Å². The summed E-state index contributed by atoms with van der Waals surface area (Å²) in [5.74, 6) is 0.196. The van der Waals surface area contributed by atoms with Gasteiger partial charge in [-0.25, -0.2) is 0 Å². The molecule has 0 spiro atoms. The van der Waals surface area contributed by atoms with Crippen LogP contribution in [-0.2, 0) is 0 Å². The van der Waals surface area contributed by atoms with Crippen molar-refractivity contribution >= 4 is 23.0 Å². The maximum Gasteiger partial charge on any atom is 0.174 e. The zero-order valence-corrected chi connectivity index (χ0v) is 20.6. The zero-order valence-electron chi connectivity index (χ0n) is 19.8. The third kappa shape index (κ3) is 3.55. The maximum atomic E-state index is 10.7. The number of thiocarbonyl (C=S) groups is 1. The van der Waals surface area contributed by atoms with Crippen molar-refractivity contribution in [2.45, 2.75) is 39.8 Å². The van der Waals surface area contributed by atoms with Gasteiger partial charge in [0.15, 0.2) is 5.11 Å². The summed E-state index contributed by atoms with van der Waals surface area (Å²) in [4.78, 5) is 6.68. The fraction of sp³-hybridized carbons (Fsp3) is 0.214. The summed E-state index contributed by atoms with van der Waals surface area (Å²) in [7, 11) is 0. The van der Waals surface area contributed by atoms with Gasteiger partial charge in [0.2, 0.25) is 0 Å². The molecule has 2 aromatic carbocycles. The topological polar surface area (TPSA) is 53.3 Å². The minimum absolute atomic E-state index is 0.166. The number of hydrogen-bond donors (Lipinski definition) is 2. The third-order valence-corrected chi connectivity index (χ3v) is 7.01. The monoisotopic (exact) mass is 468 g/mol. The minimum Gasteiger partial charge on any atom is -0.506 e. The van der Waals surface area contributed by atoms with Crippen molar-refractivity contribution in [3.05, 3.63) is 107 Å². The predicted octanol–water partition coefficient (Wildman–Crippen LogP) is 5.99. The second-order valence-electron chi connectivity index (χ2n) is 8.89. The van der Waals surface area contributed by atoms with Crippen LogP contribution in [0.4, 0.5) is 5.69 Å². The summed E-state index contributed by atoms with van der Waals surface area (Å²) in [5, 5.41) is 14.8. The van der Waals surface area contributed by atoms with Gasteiger partial charge in [-0.2, -0.15) is 0 Å². The minimum atomic E-state index is -0.181. The maximum absolute atomic E-state index is 10.7. The van der Waals surface area contributed by atoms with E-state index >= 15 is 0 Å². The summed E-state index contributed by atoms with van der Waals surface area (Å²) >= 11 is 5.82. The number of phenolic OH excluding ortho intramolecular Hbond substituents is 1. The number of para-hydroxylation sites is 3. The first-order chi connectivity index (χ1) is 16.4. The fourth-order valence-corrected chi connectivity index (χ4v) is 5.53. The van der Waals surface area contributed by atoms with Crippen LogP contribution in [0.1, 0.15) is 45.9 Å². The van der Waals surface area contributed by atoms with Crippen LogP contribution in [0.5, 0.6) is 5.75 Å². The van der Waals surface area contributed by atoms with Crippen LogP contribution in [0.25, 0.3) is 5.69 Å². The molecule has 0 aliphatic carbocycles. The largest absolute Gasteiger partial charge is 0.506 e. The smallest absolute Gasteiger partial charge is 0.174 e. The van der Waals surface area contributed by atoms with Crippen LogP contribution in [0, 0.1) is 27.7 Å². The Morgan fingerprint density at radius 1 is 0.912 bits per heavy atom. The number of nitrogens with one attached hydrogen (secondary N) is 1. The van der Waals surface area contributed by atoms with Crippen LogP contribution >= 0.6 is 12.2 Å². The Morgan fingerprint density at radius 3 is 2.29 bits per heavy atom. The highest BCUT2D eigenvalue weighted by Gasteiger charge is 2.43. The molecule has 0 radical (unpaired) electrons. The quantitative estimate of drug-likeness (QED) is 0.361. The Hall–Kier alpha value is -3.64. The normalized spacial score (nSPS) is 17.8. The van der Waals surface area contributed by atoms with Gasteiger partial charge < -0.3 is 19.9 Å². The number of nitrogens with zero attached hydrogens (tertiary/aromatic N) is 3. The van der Waals surface area contributed by atoms with E-state index in [1.54, 1.807) is 12.3 Å². The molecule has 0 saturated carbocycles. The van der Waals surface area contributed by atoms with E-state index in [0.717, 1.165) is 22.6 Å². The van der Waals surface area contributed by atoms with Gasteiger partial charge in [-0.3, -0.25) is 4.98 Å². The molecule has 1 fully saturated rings. The van der Waals surface area contributed by atoms with Gasteiger partial charge >= 0.3 is 0 Å². The Morgan fingerprint density at radius 2 is 1.62 bits per heavy atom. The van der Waals surface area contributed by atoms with Crippen LogP contribution < -0.4 is 10.2 Å². The number of phenols is 1. The molecule has 2 N–H and O–H groups in total. The van der Waals surface area contributed by atoms with Crippen LogP contribution in [0.2, 0.25) is 0 Å². The molecule has 172 valence electrons. The summed E-state index contributed by atoms with van der Waals surface area (Å²) in [6, 6.07) is 21.6. The van der Waals surface area contributed by atoms with E-state index in [4.69, 9.17) is 12.2 Å². The summed E-state index contributed by atoms with van der Waals surface area (Å²) in [5.41, 5.74) is 8.70. The molecule has 3 heterocycles. The number of aromatic nitrogens is 2. The Kier molecular flexibility index (Phi) is 5.62. The molecule has 4 aromatic rings. The number of rotatable bonds is 4. The highest BCUT2D eigenvalue weighted by Crippen LogP contribution is 2.46. The first-order valence-electron chi connectivity index (χ1n) is 11.4. The molecule has 5 nitrogen and oxygen atoms in total. The fourth-order valence-electron chi connectivity index (χ4n) is 5.19. The van der Waals surface area contributed by atoms with Crippen molar-refractivity contribution in [3.63, 3.8) is 0 Å². The lowest BCUT2D eigenvalue weighted by molar-refractivity contribution is 0.472. The van der Waals surface area contributed by atoms with Gasteiger partial charge in [0.1, 0.15) is 5.75 Å². The van der Waals surface area contributed by atoms with Gasteiger partial charge in [0.25, 0.3) is 0 Å². The number of hydrogen-bond acceptors (Lipinski definition) is 3. The molecule has 2 aromatic heterocycles. The van der Waals surface area contributed by atoms with E-state index in [1.165, 1.54) is 16.8 Å². The van der Waals surface area contributed by atoms with Gasteiger partial charge in [-0.1, -0.05) is 36.4 Å². The van der Waals surface area contributed by atoms with Crippen LogP contribution in [0.3, 0.4) is 0 Å². The van der Waals surface area contributed by atoms with E-state index in [0.29, 0.717) is 10.8 Å². The number of pyridine rings is 1. The molecule has 0 amide bonds. The molecule has 6 heteroatoms. The van der Waals surface area contributed by atoms with Crippen molar-refractivity contribution in [1.29, 1.82) is 0 Å². The molecule has 5 rings (SSSR count). The Bertz CT molecular complexity index is 1360. The molecule has 34 heavy (non-hydrogen) atoms. The number of aryl methyl sites for hydroxylation is 3. The van der Waals surface area contributed by atoms with Gasteiger partial charge in [-0.05, 0) is 86.9 Å². The number of anilines is 1. The molecule has 0 unspecified atom stereocenters. The lowest BCUT2D eigenvalue weighted by atomic mass is 9.96. The van der Waals surface area contributed by atoms with Crippen molar-refractivity contribution in [2.24, 2.45) is 0 Å². The summed E-state index contributed by atoms with van der Waals surface area (Å²) in [6.45, 7) is 8.60. The van der Waals surface area contributed by atoms with Gasteiger partial charge in [0, 0.05) is 17.6 Å². The molecule has 2 atom stereocenters. The van der Waals surface area contributed by atoms with Crippen molar-refractivity contribution in [3.8, 4) is 11.4 Å². The molecule has 1 aliphatic rings. The predicted molar refractivity (Wildman–Crippen MR) is 141 cm³/mol. The highest BCUT2D eigenvalue weighted by atomic mass is 32.1. The highest BCUT2D eigenvalue weighted by molar-refractivity contribution is 7.80. The van der Waals surface area contributed by atoms with Crippen molar-refractivity contribution in [2.75, 3.05) is 4.90 Å². The zero-order chi connectivity index (χ0) is 24.0. The first-order valence-corrected chi connectivity index (χ1v) is 11.8. The van der Waals surface area contributed by atoms with Crippen LogP contribution in [0.15, 0.2) is 72.9 Å². The Balaban J connectivity index is 1.73. The average molecular weight is 469 g/mol. The molecular formula is C28H28N4OS. The number of benzene rings is 2. The molecule has 1 aliphatic heterocycles. The first kappa shape index (κ1) is 22.2. The van der Waals surface area contributed by atoms with E-state index in [2.05, 4.69) is 66.8 Å². The van der Waals surface area contributed by atoms with Gasteiger partial charge in [0.05, 0.1) is 29.2 Å². The van der Waals surface area contributed by atoms with E-state index in [9.17, 15) is 5.11 Å². The third-order valence-electron chi connectivity index (χ3n) is 6.69. The SMILES string of the molecule is Cc1cccc(C)c1-n1c(C)cc([C@@H]2[C@H](c3ccccn3)NC(=S)N2c2ccccc2O)c1C. The van der Waals surface area contributed by atoms with Crippen molar-refractivity contribution in [1.82, 2.24) is 14.9 Å². The second kappa shape index (κ2) is 8.61. The summed E-state index contributed by atoms with van der Waals surface area (Å²) in [6.07, 6.45) is 1.81. The molecule has 1 saturated heterocycles.